The van der Waals surface area contributed by atoms with Crippen molar-refractivity contribution in [3.63, 3.8) is 0 Å². The normalized spacial score (nSPS) is 13.1. The van der Waals surface area contributed by atoms with Crippen molar-refractivity contribution in [2.24, 2.45) is 5.41 Å². The molecular formula is C12H17NO3S. The SMILES string of the molecule is CCC(NC(=O)C(C)(C)C(=O)O)c1cccs1. The van der Waals surface area contributed by atoms with Crippen LogP contribution in [0.2, 0.25) is 0 Å². The molecule has 1 unspecified atom stereocenters. The molecule has 0 aliphatic heterocycles. The first kappa shape index (κ1) is 13.7. The van der Waals surface area contributed by atoms with Crippen LogP contribution in [0.1, 0.15) is 38.1 Å². The van der Waals surface area contributed by atoms with Crippen molar-refractivity contribution in [1.82, 2.24) is 5.32 Å². The van der Waals surface area contributed by atoms with Gasteiger partial charge in [0.15, 0.2) is 0 Å². The van der Waals surface area contributed by atoms with Gasteiger partial charge in [-0.3, -0.25) is 9.59 Å². The van der Waals surface area contributed by atoms with Crippen LogP contribution < -0.4 is 5.32 Å². The maximum absolute atomic E-state index is 11.9. The molecule has 0 aliphatic rings. The van der Waals surface area contributed by atoms with Gasteiger partial charge >= 0.3 is 5.97 Å². The van der Waals surface area contributed by atoms with Crippen molar-refractivity contribution in [2.45, 2.75) is 33.2 Å². The van der Waals surface area contributed by atoms with E-state index in [1.807, 2.05) is 24.4 Å². The van der Waals surface area contributed by atoms with Gasteiger partial charge in [0.1, 0.15) is 5.41 Å². The Morgan fingerprint density at radius 1 is 1.53 bits per heavy atom. The minimum atomic E-state index is -1.40. The number of rotatable bonds is 5. The van der Waals surface area contributed by atoms with Gasteiger partial charge in [0, 0.05) is 4.88 Å². The average molecular weight is 255 g/mol. The summed E-state index contributed by atoms with van der Waals surface area (Å²) >= 11 is 1.55. The number of amides is 1. The predicted octanol–water partition coefficient (Wildman–Crippen LogP) is 2.43. The molecule has 1 aromatic rings. The van der Waals surface area contributed by atoms with Crippen LogP contribution in [0.5, 0.6) is 0 Å². The van der Waals surface area contributed by atoms with Crippen molar-refractivity contribution in [2.75, 3.05) is 0 Å². The zero-order valence-electron chi connectivity index (χ0n) is 10.2. The second kappa shape index (κ2) is 5.31. The number of thiophene rings is 1. The van der Waals surface area contributed by atoms with E-state index in [1.165, 1.54) is 13.8 Å². The molecule has 1 heterocycles. The lowest BCUT2D eigenvalue weighted by molar-refractivity contribution is -0.153. The average Bonchev–Trinajstić information content (AvgIpc) is 2.78. The van der Waals surface area contributed by atoms with Crippen LogP contribution in [0.15, 0.2) is 17.5 Å². The van der Waals surface area contributed by atoms with E-state index in [1.54, 1.807) is 11.3 Å². The largest absolute Gasteiger partial charge is 0.480 e. The van der Waals surface area contributed by atoms with Crippen molar-refractivity contribution in [3.8, 4) is 0 Å². The van der Waals surface area contributed by atoms with Crippen LogP contribution in [-0.2, 0) is 9.59 Å². The van der Waals surface area contributed by atoms with Gasteiger partial charge in [0.2, 0.25) is 5.91 Å². The highest BCUT2D eigenvalue weighted by Gasteiger charge is 2.37. The number of hydrogen-bond acceptors (Lipinski definition) is 3. The molecule has 0 radical (unpaired) electrons. The highest BCUT2D eigenvalue weighted by molar-refractivity contribution is 7.10. The predicted molar refractivity (Wildman–Crippen MR) is 66.9 cm³/mol. The van der Waals surface area contributed by atoms with E-state index in [0.29, 0.717) is 0 Å². The first-order chi connectivity index (χ1) is 7.89. The molecule has 2 N–H and O–H groups in total. The van der Waals surface area contributed by atoms with E-state index in [4.69, 9.17) is 5.11 Å². The van der Waals surface area contributed by atoms with Crippen LogP contribution in [-0.4, -0.2) is 17.0 Å². The molecule has 94 valence electrons. The third kappa shape index (κ3) is 3.06. The van der Waals surface area contributed by atoms with Gasteiger partial charge in [0.05, 0.1) is 6.04 Å². The number of carboxylic acids is 1. The standard InChI is InChI=1S/C12H17NO3S/c1-4-8(9-6-5-7-17-9)13-10(14)12(2,3)11(15)16/h5-8H,4H2,1-3H3,(H,13,14)(H,15,16). The van der Waals surface area contributed by atoms with E-state index < -0.39 is 17.3 Å². The Kier molecular flexibility index (Phi) is 4.28. The van der Waals surface area contributed by atoms with Gasteiger partial charge in [-0.15, -0.1) is 11.3 Å². The Hall–Kier alpha value is -1.36. The molecule has 0 aromatic carbocycles. The van der Waals surface area contributed by atoms with Gasteiger partial charge in [0.25, 0.3) is 0 Å². The summed E-state index contributed by atoms with van der Waals surface area (Å²) in [6.07, 6.45) is 0.738. The number of aliphatic carboxylic acids is 1. The Morgan fingerprint density at radius 3 is 2.59 bits per heavy atom. The molecule has 17 heavy (non-hydrogen) atoms. The van der Waals surface area contributed by atoms with Crippen molar-refractivity contribution >= 4 is 23.2 Å². The molecule has 0 saturated carbocycles. The summed E-state index contributed by atoms with van der Waals surface area (Å²) in [4.78, 5) is 23.9. The summed E-state index contributed by atoms with van der Waals surface area (Å²) in [5.41, 5.74) is -1.40. The zero-order valence-corrected chi connectivity index (χ0v) is 11.0. The maximum atomic E-state index is 11.9. The molecule has 0 bridgehead atoms. The zero-order chi connectivity index (χ0) is 13.1. The Morgan fingerprint density at radius 2 is 2.18 bits per heavy atom. The molecule has 5 heteroatoms. The van der Waals surface area contributed by atoms with E-state index in [0.717, 1.165) is 11.3 Å². The van der Waals surface area contributed by atoms with Crippen molar-refractivity contribution in [3.05, 3.63) is 22.4 Å². The molecule has 0 aliphatic carbocycles. The number of nitrogens with one attached hydrogen (secondary N) is 1. The lowest BCUT2D eigenvalue weighted by Crippen LogP contribution is -2.43. The molecule has 1 amide bonds. The monoisotopic (exact) mass is 255 g/mol. The fourth-order valence-electron chi connectivity index (χ4n) is 1.30. The van der Waals surface area contributed by atoms with E-state index in [-0.39, 0.29) is 6.04 Å². The summed E-state index contributed by atoms with van der Waals surface area (Å²) in [6.45, 7) is 4.77. The number of carbonyl (C=O) groups is 2. The summed E-state index contributed by atoms with van der Waals surface area (Å²) in [5, 5.41) is 13.7. The highest BCUT2D eigenvalue weighted by Crippen LogP contribution is 2.24. The molecule has 0 saturated heterocycles. The van der Waals surface area contributed by atoms with Crippen LogP contribution in [0.4, 0.5) is 0 Å². The van der Waals surface area contributed by atoms with Gasteiger partial charge in [-0.2, -0.15) is 0 Å². The second-order valence-corrected chi connectivity index (χ2v) is 5.36. The first-order valence-corrected chi connectivity index (χ1v) is 6.35. The third-order valence-corrected chi connectivity index (χ3v) is 3.69. The molecule has 1 rings (SSSR count). The lowest BCUT2D eigenvalue weighted by Gasteiger charge is -2.23. The van der Waals surface area contributed by atoms with Crippen LogP contribution >= 0.6 is 11.3 Å². The summed E-state index contributed by atoms with van der Waals surface area (Å²) in [6, 6.07) is 3.74. The molecular weight excluding hydrogens is 238 g/mol. The topological polar surface area (TPSA) is 66.4 Å². The van der Waals surface area contributed by atoms with E-state index >= 15 is 0 Å². The summed E-state index contributed by atoms with van der Waals surface area (Å²) in [5.74, 6) is -1.57. The Balaban J connectivity index is 2.77. The van der Waals surface area contributed by atoms with E-state index in [9.17, 15) is 9.59 Å². The van der Waals surface area contributed by atoms with Crippen LogP contribution in [0, 0.1) is 5.41 Å². The van der Waals surface area contributed by atoms with Crippen LogP contribution in [0.3, 0.4) is 0 Å². The minimum Gasteiger partial charge on any atom is -0.480 e. The Bertz CT molecular complexity index is 398. The maximum Gasteiger partial charge on any atom is 0.318 e. The number of carboxylic acid groups (broad SMARTS) is 1. The first-order valence-electron chi connectivity index (χ1n) is 5.47. The van der Waals surface area contributed by atoms with Gasteiger partial charge in [-0.25, -0.2) is 0 Å². The Labute approximate surface area is 105 Å². The summed E-state index contributed by atoms with van der Waals surface area (Å²) in [7, 11) is 0. The van der Waals surface area contributed by atoms with Gasteiger partial charge in [-0.05, 0) is 31.7 Å². The smallest absolute Gasteiger partial charge is 0.318 e. The molecule has 0 spiro atoms. The van der Waals surface area contributed by atoms with Crippen molar-refractivity contribution in [1.29, 1.82) is 0 Å². The highest BCUT2D eigenvalue weighted by atomic mass is 32.1. The number of hydrogen-bond donors (Lipinski definition) is 2. The second-order valence-electron chi connectivity index (χ2n) is 4.38. The lowest BCUT2D eigenvalue weighted by atomic mass is 9.92. The third-order valence-electron chi connectivity index (χ3n) is 2.70. The fourth-order valence-corrected chi connectivity index (χ4v) is 2.16. The quantitative estimate of drug-likeness (QED) is 0.794. The molecule has 0 fully saturated rings. The van der Waals surface area contributed by atoms with Gasteiger partial charge in [-0.1, -0.05) is 13.0 Å². The molecule has 1 aromatic heterocycles. The minimum absolute atomic E-state index is 0.110. The molecule has 1 atom stereocenters. The summed E-state index contributed by atoms with van der Waals surface area (Å²) < 4.78 is 0. The fraction of sp³-hybridized carbons (Fsp3) is 0.500. The van der Waals surface area contributed by atoms with Crippen LogP contribution in [0.25, 0.3) is 0 Å². The van der Waals surface area contributed by atoms with E-state index in [2.05, 4.69) is 5.32 Å². The molecule has 4 nitrogen and oxygen atoms in total. The van der Waals surface area contributed by atoms with Gasteiger partial charge < -0.3 is 10.4 Å². The number of carbonyl (C=O) groups excluding carboxylic acids is 1. The van der Waals surface area contributed by atoms with Crippen molar-refractivity contribution < 1.29 is 14.7 Å².